The van der Waals surface area contributed by atoms with Crippen LogP contribution >= 0.6 is 0 Å². The van der Waals surface area contributed by atoms with Crippen LogP contribution in [0.5, 0.6) is 0 Å². The highest BCUT2D eigenvalue weighted by Crippen LogP contribution is 2.18. The Labute approximate surface area is 128 Å². The molecule has 6 heteroatoms. The van der Waals surface area contributed by atoms with Gasteiger partial charge in [-0.05, 0) is 46.1 Å². The van der Waals surface area contributed by atoms with E-state index in [2.05, 4.69) is 10.2 Å². The zero-order chi connectivity index (χ0) is 15.9. The van der Waals surface area contributed by atoms with Crippen molar-refractivity contribution in [2.45, 2.75) is 45.3 Å². The number of nitrogens with one attached hydrogen (secondary N) is 1. The van der Waals surface area contributed by atoms with Crippen molar-refractivity contribution in [3.8, 4) is 0 Å². The van der Waals surface area contributed by atoms with Crippen molar-refractivity contribution < 1.29 is 14.3 Å². The van der Waals surface area contributed by atoms with Gasteiger partial charge in [-0.1, -0.05) is 0 Å². The molecule has 1 fully saturated rings. The zero-order valence-corrected chi connectivity index (χ0v) is 13.9. The molecule has 0 spiro atoms. The Bertz CT molecular complexity index is 316. The molecule has 0 saturated carbocycles. The summed E-state index contributed by atoms with van der Waals surface area (Å²) in [7, 11) is 1.74. The maximum atomic E-state index is 11.7. The van der Waals surface area contributed by atoms with Gasteiger partial charge in [0.1, 0.15) is 5.60 Å². The summed E-state index contributed by atoms with van der Waals surface area (Å²) < 4.78 is 10.5. The van der Waals surface area contributed by atoms with Crippen molar-refractivity contribution in [1.29, 1.82) is 0 Å². The van der Waals surface area contributed by atoms with Gasteiger partial charge in [-0.15, -0.1) is 0 Å². The number of carbonyl (C=O) groups is 1. The van der Waals surface area contributed by atoms with Crippen molar-refractivity contribution in [3.05, 3.63) is 0 Å². The van der Waals surface area contributed by atoms with Gasteiger partial charge in [-0.2, -0.15) is 0 Å². The van der Waals surface area contributed by atoms with Crippen LogP contribution in [0.1, 0.15) is 33.6 Å². The number of nitrogens with two attached hydrogens (primary N) is 1. The van der Waals surface area contributed by atoms with Gasteiger partial charge in [0.2, 0.25) is 0 Å². The second kappa shape index (κ2) is 8.56. The summed E-state index contributed by atoms with van der Waals surface area (Å²) in [5.74, 6) is 0.555. The number of ether oxygens (including phenoxy) is 2. The van der Waals surface area contributed by atoms with Crippen molar-refractivity contribution in [1.82, 2.24) is 10.2 Å². The first-order valence-electron chi connectivity index (χ1n) is 7.75. The number of likely N-dealkylation sites (tertiary alicyclic amines) is 1. The molecule has 1 aliphatic rings. The average molecular weight is 301 g/mol. The minimum Gasteiger partial charge on any atom is -0.444 e. The van der Waals surface area contributed by atoms with E-state index in [9.17, 15) is 4.79 Å². The van der Waals surface area contributed by atoms with E-state index in [4.69, 9.17) is 15.2 Å². The number of carbonyl (C=O) groups excluding carboxylic acids is 1. The standard InChI is InChI=1S/C15H31N3O3/c1-15(2,3)21-14(19)17-9-13(8-16)18-7-5-6-12(10-18)11-20-4/h12-13H,5-11,16H2,1-4H3,(H,17,19). The van der Waals surface area contributed by atoms with Crippen molar-refractivity contribution >= 4 is 6.09 Å². The van der Waals surface area contributed by atoms with Crippen LogP contribution < -0.4 is 11.1 Å². The van der Waals surface area contributed by atoms with Gasteiger partial charge in [-0.25, -0.2) is 4.79 Å². The molecule has 0 aromatic rings. The summed E-state index contributed by atoms with van der Waals surface area (Å²) in [5, 5.41) is 2.82. The summed E-state index contributed by atoms with van der Waals surface area (Å²) >= 11 is 0. The average Bonchev–Trinajstić information content (AvgIpc) is 2.38. The van der Waals surface area contributed by atoms with E-state index in [0.29, 0.717) is 19.0 Å². The third-order valence-corrected chi connectivity index (χ3v) is 3.62. The molecule has 124 valence electrons. The molecular weight excluding hydrogens is 270 g/mol. The van der Waals surface area contributed by atoms with Crippen LogP contribution in [0.25, 0.3) is 0 Å². The molecule has 2 atom stereocenters. The van der Waals surface area contributed by atoms with Crippen molar-refractivity contribution in [3.63, 3.8) is 0 Å². The highest BCUT2D eigenvalue weighted by Gasteiger charge is 2.26. The summed E-state index contributed by atoms with van der Waals surface area (Å²) in [4.78, 5) is 14.1. The monoisotopic (exact) mass is 301 g/mol. The first-order valence-corrected chi connectivity index (χ1v) is 7.75. The molecule has 1 saturated heterocycles. The molecule has 0 aromatic heterocycles. The van der Waals surface area contributed by atoms with Gasteiger partial charge < -0.3 is 20.5 Å². The van der Waals surface area contributed by atoms with Gasteiger partial charge in [-0.3, -0.25) is 4.90 Å². The predicted octanol–water partition coefficient (Wildman–Crippen LogP) is 1.20. The van der Waals surface area contributed by atoms with Gasteiger partial charge in [0, 0.05) is 32.8 Å². The topological polar surface area (TPSA) is 76.8 Å². The Hall–Kier alpha value is -0.850. The molecule has 3 N–H and O–H groups in total. The van der Waals surface area contributed by atoms with Crippen molar-refractivity contribution in [2.75, 3.05) is 39.9 Å². The molecule has 21 heavy (non-hydrogen) atoms. The lowest BCUT2D eigenvalue weighted by molar-refractivity contribution is 0.0466. The number of rotatable bonds is 6. The van der Waals surface area contributed by atoms with Crippen molar-refractivity contribution in [2.24, 2.45) is 11.7 Å². The van der Waals surface area contributed by atoms with E-state index in [-0.39, 0.29) is 12.1 Å². The Morgan fingerprint density at radius 1 is 1.48 bits per heavy atom. The minimum atomic E-state index is -0.475. The van der Waals surface area contributed by atoms with Crippen LogP contribution in [-0.2, 0) is 9.47 Å². The van der Waals surface area contributed by atoms with Gasteiger partial charge >= 0.3 is 6.09 Å². The largest absolute Gasteiger partial charge is 0.444 e. The second-order valence-electron chi connectivity index (χ2n) is 6.73. The number of hydrogen-bond acceptors (Lipinski definition) is 5. The molecule has 0 aromatic carbocycles. The first kappa shape index (κ1) is 18.2. The van der Waals surface area contributed by atoms with Crippen LogP contribution in [-0.4, -0.2) is 62.5 Å². The molecule has 0 radical (unpaired) electrons. The van der Waals surface area contributed by atoms with Gasteiger partial charge in [0.25, 0.3) is 0 Å². The van der Waals surface area contributed by atoms with E-state index in [1.54, 1.807) is 7.11 Å². The maximum Gasteiger partial charge on any atom is 0.407 e. The summed E-state index contributed by atoms with van der Waals surface area (Å²) in [6.07, 6.45) is 1.96. The number of nitrogens with zero attached hydrogens (tertiary/aromatic N) is 1. The van der Waals surface area contributed by atoms with Gasteiger partial charge in [0.15, 0.2) is 0 Å². The molecule has 1 aliphatic heterocycles. The number of alkyl carbamates (subject to hydrolysis) is 1. The fourth-order valence-corrected chi connectivity index (χ4v) is 2.68. The summed E-state index contributed by atoms with van der Waals surface area (Å²) in [6, 6.07) is 0.150. The lowest BCUT2D eigenvalue weighted by atomic mass is 9.97. The van der Waals surface area contributed by atoms with E-state index >= 15 is 0 Å². The number of hydrogen-bond donors (Lipinski definition) is 2. The van der Waals surface area contributed by atoms with E-state index in [0.717, 1.165) is 26.1 Å². The highest BCUT2D eigenvalue weighted by atomic mass is 16.6. The fourth-order valence-electron chi connectivity index (χ4n) is 2.68. The number of amides is 1. The Kier molecular flexibility index (Phi) is 7.42. The highest BCUT2D eigenvalue weighted by molar-refractivity contribution is 5.67. The quantitative estimate of drug-likeness (QED) is 0.771. The van der Waals surface area contributed by atoms with Crippen LogP contribution in [0.2, 0.25) is 0 Å². The van der Waals surface area contributed by atoms with Crippen LogP contribution in [0, 0.1) is 5.92 Å². The number of methoxy groups -OCH3 is 1. The molecule has 6 nitrogen and oxygen atoms in total. The normalized spacial score (nSPS) is 21.9. The maximum absolute atomic E-state index is 11.7. The predicted molar refractivity (Wildman–Crippen MR) is 83.3 cm³/mol. The third kappa shape index (κ3) is 7.11. The molecular formula is C15H31N3O3. The molecule has 1 heterocycles. The Balaban J connectivity index is 2.41. The lowest BCUT2D eigenvalue weighted by Crippen LogP contribution is -2.52. The smallest absolute Gasteiger partial charge is 0.407 e. The molecule has 1 rings (SSSR count). The summed E-state index contributed by atoms with van der Waals surface area (Å²) in [5.41, 5.74) is 5.40. The van der Waals surface area contributed by atoms with Gasteiger partial charge in [0.05, 0.1) is 6.61 Å². The molecule has 0 aliphatic carbocycles. The lowest BCUT2D eigenvalue weighted by Gasteiger charge is -2.37. The Morgan fingerprint density at radius 3 is 2.76 bits per heavy atom. The SMILES string of the molecule is COCC1CCCN(C(CN)CNC(=O)OC(C)(C)C)C1. The Morgan fingerprint density at radius 2 is 2.19 bits per heavy atom. The third-order valence-electron chi connectivity index (χ3n) is 3.62. The zero-order valence-electron chi connectivity index (χ0n) is 13.9. The van der Waals surface area contributed by atoms with Crippen LogP contribution in [0.15, 0.2) is 0 Å². The van der Waals surface area contributed by atoms with E-state index in [1.807, 2.05) is 20.8 Å². The fraction of sp³-hybridized carbons (Fsp3) is 0.933. The minimum absolute atomic E-state index is 0.150. The van der Waals surface area contributed by atoms with Crippen LogP contribution in [0.3, 0.4) is 0 Å². The van der Waals surface area contributed by atoms with Crippen LogP contribution in [0.4, 0.5) is 4.79 Å². The van der Waals surface area contributed by atoms with E-state index in [1.165, 1.54) is 6.42 Å². The molecule has 2 unspecified atom stereocenters. The second-order valence-corrected chi connectivity index (χ2v) is 6.73. The first-order chi connectivity index (χ1) is 9.85. The van der Waals surface area contributed by atoms with E-state index < -0.39 is 5.60 Å². The summed E-state index contributed by atoms with van der Waals surface area (Å²) in [6.45, 7) is 9.39. The number of piperidine rings is 1. The molecule has 0 bridgehead atoms. The molecule has 1 amide bonds.